The molecule has 0 spiro atoms. The van der Waals surface area contributed by atoms with E-state index in [4.69, 9.17) is 0 Å². The lowest BCUT2D eigenvalue weighted by molar-refractivity contribution is 0.191. The van der Waals surface area contributed by atoms with Crippen LogP contribution in [0.15, 0.2) is 28.3 Å². The molecular weight excluding hydrogens is 253 g/mol. The second-order valence-corrected chi connectivity index (χ2v) is 5.03. The Hall–Kier alpha value is -1.40. The van der Waals surface area contributed by atoms with E-state index in [-0.39, 0.29) is 0 Å². The van der Waals surface area contributed by atoms with Gasteiger partial charge in [-0.25, -0.2) is 4.39 Å². The zero-order chi connectivity index (χ0) is 13.3. The lowest BCUT2D eigenvalue weighted by atomic mass is 10.1. The number of rotatable bonds is 3. The van der Waals surface area contributed by atoms with E-state index in [1.807, 2.05) is 18.5 Å². The minimum atomic E-state index is -0.858. The highest BCUT2D eigenvalue weighted by Crippen LogP contribution is 2.33. The molecule has 2 aromatic rings. The number of aliphatic hydroxyl groups is 1. The summed E-state index contributed by atoms with van der Waals surface area (Å²) in [4.78, 5) is 0.653. The summed E-state index contributed by atoms with van der Waals surface area (Å²) in [7, 11) is 1.85. The molecule has 18 heavy (non-hydrogen) atoms. The Morgan fingerprint density at radius 2 is 2.11 bits per heavy atom. The molecule has 2 rings (SSSR count). The van der Waals surface area contributed by atoms with Gasteiger partial charge < -0.3 is 9.67 Å². The highest BCUT2D eigenvalue weighted by molar-refractivity contribution is 7.99. The third kappa shape index (κ3) is 2.39. The Morgan fingerprint density at radius 3 is 2.67 bits per heavy atom. The maximum Gasteiger partial charge on any atom is 0.195 e. The predicted octanol–water partition coefficient (Wildman–Crippen LogP) is 2.47. The number of aryl methyl sites for hydroxylation is 1. The molecule has 1 unspecified atom stereocenters. The summed E-state index contributed by atoms with van der Waals surface area (Å²) >= 11 is 1.29. The fourth-order valence-electron chi connectivity index (χ4n) is 1.59. The molecule has 0 radical (unpaired) electrons. The summed E-state index contributed by atoms with van der Waals surface area (Å²) in [5, 5.41) is 18.3. The highest BCUT2D eigenvalue weighted by atomic mass is 32.2. The van der Waals surface area contributed by atoms with Crippen LogP contribution in [0.4, 0.5) is 4.39 Å². The summed E-state index contributed by atoms with van der Waals surface area (Å²) in [5.41, 5.74) is 0.295. The van der Waals surface area contributed by atoms with Gasteiger partial charge in [-0.15, -0.1) is 10.2 Å². The number of aliphatic hydroxyl groups excluding tert-OH is 1. The average molecular weight is 267 g/mol. The maximum absolute atomic E-state index is 13.7. The number of nitrogens with zero attached hydrogens (tertiary/aromatic N) is 3. The van der Waals surface area contributed by atoms with Crippen LogP contribution in [0.1, 0.15) is 24.4 Å². The van der Waals surface area contributed by atoms with Gasteiger partial charge in [0.15, 0.2) is 5.16 Å². The largest absolute Gasteiger partial charge is 0.389 e. The molecular formula is C12H14FN3OS. The van der Waals surface area contributed by atoms with Crippen molar-refractivity contribution < 1.29 is 9.50 Å². The molecule has 0 saturated heterocycles. The molecule has 1 heterocycles. The van der Waals surface area contributed by atoms with Gasteiger partial charge in [-0.2, -0.15) is 0 Å². The Balaban J connectivity index is 2.40. The first-order valence-corrected chi connectivity index (χ1v) is 6.32. The van der Waals surface area contributed by atoms with E-state index in [0.717, 1.165) is 5.82 Å². The average Bonchev–Trinajstić information content (AvgIpc) is 2.60. The molecule has 1 aromatic carbocycles. The minimum Gasteiger partial charge on any atom is -0.389 e. The van der Waals surface area contributed by atoms with Crippen molar-refractivity contribution in [3.8, 4) is 0 Å². The summed E-state index contributed by atoms with van der Waals surface area (Å²) in [6.07, 6.45) is -0.858. The van der Waals surface area contributed by atoms with Crippen molar-refractivity contribution >= 4 is 11.8 Å². The second-order valence-electron chi connectivity index (χ2n) is 4.02. The Bertz CT molecular complexity index is 568. The quantitative estimate of drug-likeness (QED) is 0.928. The van der Waals surface area contributed by atoms with Gasteiger partial charge in [0.25, 0.3) is 0 Å². The van der Waals surface area contributed by atoms with Gasteiger partial charge in [0.05, 0.1) is 6.10 Å². The molecule has 1 aromatic heterocycles. The van der Waals surface area contributed by atoms with Crippen molar-refractivity contribution in [1.82, 2.24) is 14.8 Å². The standard InChI is InChI=1S/C12H14FN3OS/c1-7(17)11-9(13)5-4-6-10(11)18-12-15-14-8(2)16(12)3/h4-7,17H,1-3H3. The van der Waals surface area contributed by atoms with Crippen molar-refractivity contribution in [2.45, 2.75) is 30.0 Å². The van der Waals surface area contributed by atoms with Crippen molar-refractivity contribution in [2.75, 3.05) is 0 Å². The van der Waals surface area contributed by atoms with Crippen LogP contribution >= 0.6 is 11.8 Å². The highest BCUT2D eigenvalue weighted by Gasteiger charge is 2.16. The van der Waals surface area contributed by atoms with Gasteiger partial charge in [-0.1, -0.05) is 6.07 Å². The van der Waals surface area contributed by atoms with E-state index >= 15 is 0 Å². The molecule has 0 aliphatic carbocycles. The molecule has 6 heteroatoms. The predicted molar refractivity (Wildman–Crippen MR) is 66.9 cm³/mol. The van der Waals surface area contributed by atoms with Gasteiger partial charge in [0, 0.05) is 17.5 Å². The molecule has 96 valence electrons. The summed E-state index contributed by atoms with van der Waals surface area (Å²) < 4.78 is 15.5. The fourth-order valence-corrected chi connectivity index (χ4v) is 2.66. The van der Waals surface area contributed by atoms with Crippen LogP contribution in [0.3, 0.4) is 0 Å². The van der Waals surface area contributed by atoms with Gasteiger partial charge in [-0.05, 0) is 37.7 Å². The third-order valence-electron chi connectivity index (χ3n) is 2.68. The van der Waals surface area contributed by atoms with Crippen molar-refractivity contribution in [2.24, 2.45) is 7.05 Å². The van der Waals surface area contributed by atoms with Crippen LogP contribution < -0.4 is 0 Å². The third-order valence-corrected chi connectivity index (χ3v) is 3.80. The lowest BCUT2D eigenvalue weighted by Gasteiger charge is -2.12. The molecule has 0 aliphatic rings. The van der Waals surface area contributed by atoms with E-state index in [0.29, 0.717) is 15.6 Å². The van der Waals surface area contributed by atoms with Crippen LogP contribution in [-0.2, 0) is 7.05 Å². The summed E-state index contributed by atoms with van der Waals surface area (Å²) in [6.45, 7) is 3.39. The van der Waals surface area contributed by atoms with Gasteiger partial charge in [0.1, 0.15) is 11.6 Å². The van der Waals surface area contributed by atoms with Crippen molar-refractivity contribution in [3.63, 3.8) is 0 Å². The van der Waals surface area contributed by atoms with Gasteiger partial charge in [0.2, 0.25) is 0 Å². The molecule has 0 bridgehead atoms. The zero-order valence-electron chi connectivity index (χ0n) is 10.4. The first-order chi connectivity index (χ1) is 8.50. The summed E-state index contributed by atoms with van der Waals surface area (Å²) in [6, 6.07) is 4.72. The molecule has 1 N–H and O–H groups in total. The van der Waals surface area contributed by atoms with E-state index < -0.39 is 11.9 Å². The van der Waals surface area contributed by atoms with E-state index in [1.165, 1.54) is 17.8 Å². The van der Waals surface area contributed by atoms with Crippen LogP contribution in [0.2, 0.25) is 0 Å². The molecule has 0 saturated carbocycles. The van der Waals surface area contributed by atoms with E-state index in [2.05, 4.69) is 10.2 Å². The number of halogens is 1. The topological polar surface area (TPSA) is 50.9 Å². The minimum absolute atomic E-state index is 0.295. The number of hydrogen-bond acceptors (Lipinski definition) is 4. The second kappa shape index (κ2) is 5.07. The number of benzene rings is 1. The van der Waals surface area contributed by atoms with Crippen molar-refractivity contribution in [3.05, 3.63) is 35.4 Å². The van der Waals surface area contributed by atoms with Crippen LogP contribution in [-0.4, -0.2) is 19.9 Å². The maximum atomic E-state index is 13.7. The fraction of sp³-hybridized carbons (Fsp3) is 0.333. The normalized spacial score (nSPS) is 12.7. The molecule has 0 aliphatic heterocycles. The number of hydrogen-bond donors (Lipinski definition) is 1. The first kappa shape index (κ1) is 13.0. The van der Waals surface area contributed by atoms with Crippen molar-refractivity contribution in [1.29, 1.82) is 0 Å². The molecule has 0 fully saturated rings. The Morgan fingerprint density at radius 1 is 1.39 bits per heavy atom. The van der Waals surface area contributed by atoms with Gasteiger partial charge in [-0.3, -0.25) is 0 Å². The number of aromatic nitrogens is 3. The Kier molecular flexibility index (Phi) is 3.68. The van der Waals surface area contributed by atoms with Crippen LogP contribution in [0, 0.1) is 12.7 Å². The monoisotopic (exact) mass is 267 g/mol. The molecule has 1 atom stereocenters. The molecule has 0 amide bonds. The van der Waals surface area contributed by atoms with E-state index in [1.54, 1.807) is 19.1 Å². The zero-order valence-corrected chi connectivity index (χ0v) is 11.2. The smallest absolute Gasteiger partial charge is 0.195 e. The van der Waals surface area contributed by atoms with Crippen LogP contribution in [0.25, 0.3) is 0 Å². The molecule has 4 nitrogen and oxygen atoms in total. The SMILES string of the molecule is Cc1nnc(Sc2cccc(F)c2C(C)O)n1C. The summed E-state index contributed by atoms with van der Waals surface area (Å²) in [5.74, 6) is 0.376. The van der Waals surface area contributed by atoms with Crippen LogP contribution in [0.5, 0.6) is 0 Å². The Labute approximate surface area is 109 Å². The van der Waals surface area contributed by atoms with Gasteiger partial charge >= 0.3 is 0 Å². The lowest BCUT2D eigenvalue weighted by Crippen LogP contribution is -2.00. The van der Waals surface area contributed by atoms with E-state index in [9.17, 15) is 9.50 Å². The first-order valence-electron chi connectivity index (χ1n) is 5.51.